The van der Waals surface area contributed by atoms with Gasteiger partial charge in [-0.05, 0) is 6.92 Å². The first kappa shape index (κ1) is 12.4. The maximum absolute atomic E-state index is 8.68. The van der Waals surface area contributed by atoms with Crippen LogP contribution in [0, 0.1) is 0 Å². The van der Waals surface area contributed by atoms with Crippen molar-refractivity contribution in [2.45, 2.75) is 13.0 Å². The van der Waals surface area contributed by atoms with Gasteiger partial charge in [0.25, 0.3) is 0 Å². The summed E-state index contributed by atoms with van der Waals surface area (Å²) in [6, 6.07) is 0. The topological polar surface area (TPSA) is 58.3 Å². The number of nitrogens with two attached hydrogens (primary N) is 1. The van der Waals surface area contributed by atoms with Gasteiger partial charge < -0.3 is 16.2 Å². The summed E-state index contributed by atoms with van der Waals surface area (Å²) < 4.78 is 0. The Labute approximate surface area is 75.1 Å². The van der Waals surface area contributed by atoms with Crippen LogP contribution < -0.4 is 11.1 Å². The SMILES string of the molecule is CC(O)CNCCN.[Zr]. The quantitative estimate of drug-likeness (QED) is 0.516. The molecule has 0 amide bonds. The first-order chi connectivity index (χ1) is 3.77. The fraction of sp³-hybridized carbons (Fsp3) is 1.00. The summed E-state index contributed by atoms with van der Waals surface area (Å²) in [4.78, 5) is 0. The van der Waals surface area contributed by atoms with Crippen molar-refractivity contribution in [1.29, 1.82) is 0 Å². The molecule has 4 heteroatoms. The molecule has 0 bridgehead atoms. The van der Waals surface area contributed by atoms with E-state index in [0.717, 1.165) is 6.54 Å². The van der Waals surface area contributed by atoms with Crippen molar-refractivity contribution in [1.82, 2.24) is 5.32 Å². The number of hydrogen-bond acceptors (Lipinski definition) is 3. The Kier molecular flexibility index (Phi) is 12.1. The van der Waals surface area contributed by atoms with Gasteiger partial charge in [-0.25, -0.2) is 0 Å². The van der Waals surface area contributed by atoms with Gasteiger partial charge in [0, 0.05) is 45.8 Å². The molecule has 0 aliphatic rings. The molecule has 1 unspecified atom stereocenters. The molecule has 0 saturated heterocycles. The first-order valence-corrected chi connectivity index (χ1v) is 2.86. The fourth-order valence-corrected chi connectivity index (χ4v) is 0.413. The molecule has 0 aromatic rings. The van der Waals surface area contributed by atoms with Crippen LogP contribution >= 0.6 is 0 Å². The minimum absolute atomic E-state index is 0. The Bertz CT molecular complexity index is 52.2. The van der Waals surface area contributed by atoms with Crippen molar-refractivity contribution >= 4 is 0 Å². The molecule has 0 aliphatic heterocycles. The van der Waals surface area contributed by atoms with Crippen molar-refractivity contribution in [3.8, 4) is 0 Å². The van der Waals surface area contributed by atoms with Crippen LogP contribution in [0.4, 0.5) is 0 Å². The van der Waals surface area contributed by atoms with Gasteiger partial charge in [-0.1, -0.05) is 0 Å². The molecule has 0 saturated carbocycles. The Hall–Kier alpha value is 0.763. The van der Waals surface area contributed by atoms with E-state index in [2.05, 4.69) is 5.32 Å². The zero-order valence-electron chi connectivity index (χ0n) is 5.72. The Morgan fingerprint density at radius 2 is 2.22 bits per heavy atom. The monoisotopic (exact) mass is 208 g/mol. The summed E-state index contributed by atoms with van der Waals surface area (Å²) in [5.74, 6) is 0. The molecule has 0 aromatic heterocycles. The average molecular weight is 209 g/mol. The van der Waals surface area contributed by atoms with Crippen LogP contribution in [-0.2, 0) is 26.2 Å². The van der Waals surface area contributed by atoms with Crippen LogP contribution in [0.3, 0.4) is 0 Å². The molecule has 0 radical (unpaired) electrons. The van der Waals surface area contributed by atoms with E-state index in [0.29, 0.717) is 13.1 Å². The molecule has 0 fully saturated rings. The van der Waals surface area contributed by atoms with Gasteiger partial charge in [-0.2, -0.15) is 0 Å². The second-order valence-electron chi connectivity index (χ2n) is 1.84. The molecular weight excluding hydrogens is 195 g/mol. The van der Waals surface area contributed by atoms with E-state index in [1.807, 2.05) is 0 Å². The minimum atomic E-state index is -0.262. The zero-order valence-corrected chi connectivity index (χ0v) is 8.18. The predicted octanol–water partition coefficient (Wildman–Crippen LogP) is -1.09. The van der Waals surface area contributed by atoms with Crippen LogP contribution in [-0.4, -0.2) is 30.8 Å². The summed E-state index contributed by atoms with van der Waals surface area (Å²) >= 11 is 0. The number of nitrogens with one attached hydrogen (secondary N) is 1. The van der Waals surface area contributed by atoms with Gasteiger partial charge in [0.1, 0.15) is 0 Å². The number of rotatable bonds is 4. The molecule has 3 nitrogen and oxygen atoms in total. The molecule has 0 aliphatic carbocycles. The van der Waals surface area contributed by atoms with Gasteiger partial charge in [0.05, 0.1) is 6.10 Å². The summed E-state index contributed by atoms with van der Waals surface area (Å²) in [7, 11) is 0. The maximum atomic E-state index is 8.68. The van der Waals surface area contributed by atoms with E-state index in [1.165, 1.54) is 0 Å². The van der Waals surface area contributed by atoms with Crippen LogP contribution in [0.25, 0.3) is 0 Å². The molecule has 0 rings (SSSR count). The Balaban J connectivity index is 0. The van der Waals surface area contributed by atoms with Crippen molar-refractivity contribution in [3.05, 3.63) is 0 Å². The number of hydrogen-bond donors (Lipinski definition) is 3. The van der Waals surface area contributed by atoms with Crippen molar-refractivity contribution in [2.75, 3.05) is 19.6 Å². The molecule has 4 N–H and O–H groups in total. The van der Waals surface area contributed by atoms with Gasteiger partial charge in [-0.3, -0.25) is 0 Å². The molecule has 54 valence electrons. The fourth-order valence-electron chi connectivity index (χ4n) is 0.413. The van der Waals surface area contributed by atoms with Crippen LogP contribution in [0.1, 0.15) is 6.92 Å². The van der Waals surface area contributed by atoms with Gasteiger partial charge in [0.2, 0.25) is 0 Å². The number of aliphatic hydroxyl groups is 1. The molecular formula is C5H14N2OZr. The van der Waals surface area contributed by atoms with Crippen LogP contribution in [0.5, 0.6) is 0 Å². The molecule has 0 aromatic carbocycles. The zero-order chi connectivity index (χ0) is 6.41. The summed E-state index contributed by atoms with van der Waals surface area (Å²) in [5, 5.41) is 11.6. The number of aliphatic hydroxyl groups excluding tert-OH is 1. The van der Waals surface area contributed by atoms with Gasteiger partial charge >= 0.3 is 0 Å². The third-order valence-electron chi connectivity index (χ3n) is 0.761. The van der Waals surface area contributed by atoms with E-state index in [9.17, 15) is 0 Å². The molecule has 0 heterocycles. The standard InChI is InChI=1S/C5H14N2O.Zr/c1-5(8)4-7-3-2-6;/h5,7-8H,2-4,6H2,1H3;. The van der Waals surface area contributed by atoms with E-state index in [4.69, 9.17) is 10.8 Å². The Morgan fingerprint density at radius 3 is 2.56 bits per heavy atom. The molecule has 1 atom stereocenters. The predicted molar refractivity (Wildman–Crippen MR) is 33.6 cm³/mol. The summed E-state index contributed by atoms with van der Waals surface area (Å²) in [6.07, 6.45) is -0.262. The largest absolute Gasteiger partial charge is 0.392 e. The van der Waals surface area contributed by atoms with Crippen molar-refractivity contribution < 1.29 is 31.3 Å². The third-order valence-corrected chi connectivity index (χ3v) is 0.761. The van der Waals surface area contributed by atoms with Crippen molar-refractivity contribution in [3.63, 3.8) is 0 Å². The van der Waals surface area contributed by atoms with Gasteiger partial charge in [-0.15, -0.1) is 0 Å². The summed E-state index contributed by atoms with van der Waals surface area (Å²) in [5.41, 5.74) is 5.17. The summed E-state index contributed by atoms with van der Waals surface area (Å²) in [6.45, 7) is 3.79. The van der Waals surface area contributed by atoms with Crippen molar-refractivity contribution in [2.24, 2.45) is 5.73 Å². The van der Waals surface area contributed by atoms with E-state index < -0.39 is 0 Å². The van der Waals surface area contributed by atoms with E-state index in [1.54, 1.807) is 6.92 Å². The molecule has 0 spiro atoms. The average Bonchev–Trinajstić information content (AvgIpc) is 1.66. The van der Waals surface area contributed by atoms with E-state index >= 15 is 0 Å². The Morgan fingerprint density at radius 1 is 1.67 bits per heavy atom. The normalized spacial score (nSPS) is 12.3. The van der Waals surface area contributed by atoms with Gasteiger partial charge in [0.15, 0.2) is 0 Å². The first-order valence-electron chi connectivity index (χ1n) is 2.86. The third kappa shape index (κ3) is 12.1. The second-order valence-corrected chi connectivity index (χ2v) is 1.84. The van der Waals surface area contributed by atoms with Crippen LogP contribution in [0.15, 0.2) is 0 Å². The maximum Gasteiger partial charge on any atom is 0.0636 e. The second kappa shape index (κ2) is 8.76. The minimum Gasteiger partial charge on any atom is -0.392 e. The smallest absolute Gasteiger partial charge is 0.0636 e. The van der Waals surface area contributed by atoms with E-state index in [-0.39, 0.29) is 32.3 Å². The molecule has 9 heavy (non-hydrogen) atoms. The van der Waals surface area contributed by atoms with Crippen LogP contribution in [0.2, 0.25) is 0 Å².